The predicted octanol–water partition coefficient (Wildman–Crippen LogP) is 4.87. The van der Waals surface area contributed by atoms with Crippen LogP contribution in [-0.2, 0) is 0 Å². The fourth-order valence-electron chi connectivity index (χ4n) is 3.46. The molecule has 3 aromatic rings. The minimum absolute atomic E-state index is 0.0632. The van der Waals surface area contributed by atoms with Crippen molar-refractivity contribution in [3.05, 3.63) is 52.4 Å². The maximum atomic E-state index is 13.1. The van der Waals surface area contributed by atoms with Crippen molar-refractivity contribution in [3.63, 3.8) is 0 Å². The van der Waals surface area contributed by atoms with Gasteiger partial charge in [-0.25, -0.2) is 4.98 Å². The summed E-state index contributed by atoms with van der Waals surface area (Å²) in [6.45, 7) is 4.52. The zero-order valence-corrected chi connectivity index (χ0v) is 14.7. The quantitative estimate of drug-likeness (QED) is 0.668. The molecule has 1 unspecified atom stereocenters. The van der Waals surface area contributed by atoms with Gasteiger partial charge in [0.05, 0.1) is 21.8 Å². The molecule has 1 amide bonds. The Morgan fingerprint density at radius 2 is 2.12 bits per heavy atom. The minimum Gasteiger partial charge on any atom is -0.466 e. The van der Waals surface area contributed by atoms with Crippen molar-refractivity contribution in [2.45, 2.75) is 39.2 Å². The van der Waals surface area contributed by atoms with Crippen molar-refractivity contribution in [3.8, 4) is 0 Å². The molecule has 0 N–H and O–H groups in total. The Morgan fingerprint density at radius 1 is 1.29 bits per heavy atom. The van der Waals surface area contributed by atoms with Crippen LogP contribution in [0.1, 0.15) is 52.2 Å². The Kier molecular flexibility index (Phi) is 3.88. The number of hydrogen-bond acceptors (Lipinski definition) is 4. The van der Waals surface area contributed by atoms with Crippen molar-refractivity contribution in [1.29, 1.82) is 0 Å². The molecule has 1 atom stereocenters. The van der Waals surface area contributed by atoms with Crippen LogP contribution in [0.15, 0.2) is 34.7 Å². The predicted molar refractivity (Wildman–Crippen MR) is 95.4 cm³/mol. The average molecular weight is 340 g/mol. The number of hydrogen-bond donors (Lipinski definition) is 0. The number of nitrogens with zero attached hydrogens (tertiary/aromatic N) is 2. The number of carbonyl (C=O) groups is 1. The van der Waals surface area contributed by atoms with Crippen molar-refractivity contribution in [2.75, 3.05) is 6.54 Å². The highest BCUT2D eigenvalue weighted by Crippen LogP contribution is 2.36. The summed E-state index contributed by atoms with van der Waals surface area (Å²) in [7, 11) is 0. The molecule has 1 fully saturated rings. The molecule has 0 bridgehead atoms. The van der Waals surface area contributed by atoms with Crippen molar-refractivity contribution in [1.82, 2.24) is 9.88 Å². The molecule has 1 aromatic carbocycles. The summed E-state index contributed by atoms with van der Waals surface area (Å²) in [4.78, 5) is 19.9. The van der Waals surface area contributed by atoms with E-state index in [0.29, 0.717) is 11.3 Å². The Labute approximate surface area is 145 Å². The van der Waals surface area contributed by atoms with E-state index in [2.05, 4.69) is 6.07 Å². The smallest absolute Gasteiger partial charge is 0.257 e. The lowest BCUT2D eigenvalue weighted by Crippen LogP contribution is -2.38. The third kappa shape index (κ3) is 2.63. The van der Waals surface area contributed by atoms with E-state index in [1.807, 2.05) is 43.0 Å². The fourth-order valence-corrected chi connectivity index (χ4v) is 4.58. The van der Waals surface area contributed by atoms with Gasteiger partial charge in [-0.3, -0.25) is 4.79 Å². The maximum Gasteiger partial charge on any atom is 0.257 e. The molecule has 4 rings (SSSR count). The van der Waals surface area contributed by atoms with Crippen LogP contribution < -0.4 is 0 Å². The summed E-state index contributed by atoms with van der Waals surface area (Å²) in [6.07, 6.45) is 3.15. The Balaban J connectivity index is 1.70. The molecule has 1 aliphatic heterocycles. The van der Waals surface area contributed by atoms with Gasteiger partial charge in [0.15, 0.2) is 0 Å². The Hall–Kier alpha value is -2.14. The van der Waals surface area contributed by atoms with E-state index in [9.17, 15) is 4.79 Å². The molecule has 1 aliphatic rings. The monoisotopic (exact) mass is 340 g/mol. The first kappa shape index (κ1) is 15.4. The molecule has 1 saturated heterocycles. The number of aromatic nitrogens is 1. The number of likely N-dealkylation sites (tertiary alicyclic amines) is 1. The number of rotatable bonds is 2. The van der Waals surface area contributed by atoms with Crippen molar-refractivity contribution in [2.24, 2.45) is 0 Å². The summed E-state index contributed by atoms with van der Waals surface area (Å²) in [6, 6.07) is 10.1. The highest BCUT2D eigenvalue weighted by atomic mass is 32.1. The third-order valence-corrected chi connectivity index (χ3v) is 5.77. The van der Waals surface area contributed by atoms with Crippen LogP contribution >= 0.6 is 11.3 Å². The lowest BCUT2D eigenvalue weighted by Gasteiger charge is -2.34. The number of furan rings is 1. The molecule has 0 radical (unpaired) electrons. The lowest BCUT2D eigenvalue weighted by atomic mass is 10.0. The summed E-state index contributed by atoms with van der Waals surface area (Å²) in [5, 5.41) is 1.04. The fraction of sp³-hybridized carbons (Fsp3) is 0.368. The highest BCUT2D eigenvalue weighted by molar-refractivity contribution is 7.18. The van der Waals surface area contributed by atoms with Crippen LogP contribution in [-0.4, -0.2) is 22.3 Å². The van der Waals surface area contributed by atoms with Crippen LogP contribution in [0.25, 0.3) is 10.2 Å². The maximum absolute atomic E-state index is 13.1. The Morgan fingerprint density at radius 3 is 2.88 bits per heavy atom. The number of fused-ring (bicyclic) bond motifs is 1. The molecule has 2 aromatic heterocycles. The molecule has 0 saturated carbocycles. The largest absolute Gasteiger partial charge is 0.466 e. The topological polar surface area (TPSA) is 46.3 Å². The number of piperidine rings is 1. The number of amides is 1. The van der Waals surface area contributed by atoms with Gasteiger partial charge in [0.1, 0.15) is 16.5 Å². The van der Waals surface area contributed by atoms with Crippen LogP contribution in [0.5, 0.6) is 0 Å². The van der Waals surface area contributed by atoms with E-state index in [-0.39, 0.29) is 11.9 Å². The number of aryl methyl sites for hydroxylation is 2. The zero-order valence-electron chi connectivity index (χ0n) is 13.9. The first-order chi connectivity index (χ1) is 11.6. The minimum atomic E-state index is 0.0632. The van der Waals surface area contributed by atoms with Crippen LogP contribution in [0.4, 0.5) is 0 Å². The molecule has 0 spiro atoms. The van der Waals surface area contributed by atoms with E-state index in [1.54, 1.807) is 11.3 Å². The number of carbonyl (C=O) groups excluding carboxylic acids is 1. The molecule has 5 heteroatoms. The number of benzene rings is 1. The van der Waals surface area contributed by atoms with E-state index in [4.69, 9.17) is 9.40 Å². The van der Waals surface area contributed by atoms with Gasteiger partial charge < -0.3 is 9.32 Å². The van der Waals surface area contributed by atoms with Crippen LogP contribution in [0.2, 0.25) is 0 Å². The van der Waals surface area contributed by atoms with Gasteiger partial charge >= 0.3 is 0 Å². The molecular weight excluding hydrogens is 320 g/mol. The summed E-state index contributed by atoms with van der Waals surface area (Å²) >= 11 is 1.70. The summed E-state index contributed by atoms with van der Waals surface area (Å²) in [5.41, 5.74) is 1.70. The molecular formula is C19H20N2O2S. The van der Waals surface area contributed by atoms with Gasteiger partial charge in [0, 0.05) is 6.54 Å². The van der Waals surface area contributed by atoms with E-state index in [0.717, 1.165) is 42.1 Å². The van der Waals surface area contributed by atoms with Gasteiger partial charge in [-0.05, 0) is 51.3 Å². The molecule has 4 nitrogen and oxygen atoms in total. The van der Waals surface area contributed by atoms with Crippen molar-refractivity contribution < 1.29 is 9.21 Å². The second kappa shape index (κ2) is 6.06. The number of thiazole rings is 1. The first-order valence-electron chi connectivity index (χ1n) is 8.37. The lowest BCUT2D eigenvalue weighted by molar-refractivity contribution is 0.0609. The van der Waals surface area contributed by atoms with Gasteiger partial charge in [0.2, 0.25) is 0 Å². The highest BCUT2D eigenvalue weighted by Gasteiger charge is 2.32. The first-order valence-corrected chi connectivity index (χ1v) is 9.18. The molecule has 124 valence electrons. The second-order valence-electron chi connectivity index (χ2n) is 6.36. The van der Waals surface area contributed by atoms with E-state index < -0.39 is 0 Å². The summed E-state index contributed by atoms with van der Waals surface area (Å²) in [5.74, 6) is 1.55. The molecule has 0 aliphatic carbocycles. The average Bonchev–Trinajstić information content (AvgIpc) is 3.17. The Bertz CT molecular complexity index is 863. The zero-order chi connectivity index (χ0) is 16.7. The second-order valence-corrected chi connectivity index (χ2v) is 7.42. The number of para-hydroxylation sites is 1. The van der Waals surface area contributed by atoms with Gasteiger partial charge in [0.25, 0.3) is 5.91 Å². The SMILES string of the molecule is Cc1cc(C(=O)N2CCCCC2c2nc3ccccc3s2)c(C)o1. The third-order valence-electron chi connectivity index (χ3n) is 4.63. The van der Waals surface area contributed by atoms with E-state index >= 15 is 0 Å². The standard InChI is InChI=1S/C19H20N2O2S/c1-12-11-14(13(2)23-12)19(22)21-10-6-5-8-16(21)18-20-15-7-3-4-9-17(15)24-18/h3-4,7,9,11,16H,5-6,8,10H2,1-2H3. The molecule has 3 heterocycles. The van der Waals surface area contributed by atoms with Gasteiger partial charge in [-0.1, -0.05) is 12.1 Å². The van der Waals surface area contributed by atoms with Crippen LogP contribution in [0, 0.1) is 13.8 Å². The summed E-state index contributed by atoms with van der Waals surface area (Å²) < 4.78 is 6.74. The van der Waals surface area contributed by atoms with E-state index in [1.165, 1.54) is 4.70 Å². The molecule has 24 heavy (non-hydrogen) atoms. The van der Waals surface area contributed by atoms with Crippen LogP contribution in [0.3, 0.4) is 0 Å². The van der Waals surface area contributed by atoms with Gasteiger partial charge in [-0.2, -0.15) is 0 Å². The normalized spacial score (nSPS) is 18.2. The van der Waals surface area contributed by atoms with Gasteiger partial charge in [-0.15, -0.1) is 11.3 Å². The van der Waals surface area contributed by atoms with Crippen molar-refractivity contribution >= 4 is 27.5 Å².